The van der Waals surface area contributed by atoms with Crippen molar-refractivity contribution < 1.29 is 4.79 Å². The molecule has 7 nitrogen and oxygen atoms in total. The Hall–Kier alpha value is -2.59. The standard InChI is InChI=1S/C18H24N6O/c1-11-13(6-14(8-19)22(11)3)9-20-16-7-17(25)23(4)18(16)15-10-21-24(5)12(15)2/h6,10,16,18,20H,7,9H2,1-5H3/t16-,18+/m1/s1. The van der Waals surface area contributed by atoms with E-state index in [9.17, 15) is 10.1 Å². The van der Waals surface area contributed by atoms with Crippen LogP contribution in [-0.4, -0.2) is 38.2 Å². The Balaban J connectivity index is 1.82. The van der Waals surface area contributed by atoms with Crippen molar-refractivity contribution in [1.82, 2.24) is 24.6 Å². The number of hydrogen-bond acceptors (Lipinski definition) is 4. The van der Waals surface area contributed by atoms with Gasteiger partial charge in [-0.1, -0.05) is 0 Å². The number of likely N-dealkylation sites (N-methyl/N-ethyl adjacent to an activating group) is 1. The van der Waals surface area contributed by atoms with Crippen LogP contribution >= 0.6 is 0 Å². The molecule has 2 aromatic heterocycles. The molecule has 1 aliphatic rings. The average molecular weight is 340 g/mol. The summed E-state index contributed by atoms with van der Waals surface area (Å²) < 4.78 is 3.73. The van der Waals surface area contributed by atoms with E-state index in [0.29, 0.717) is 18.7 Å². The highest BCUT2D eigenvalue weighted by Crippen LogP contribution is 2.33. The maximum absolute atomic E-state index is 12.3. The molecule has 0 spiro atoms. The monoisotopic (exact) mass is 340 g/mol. The Kier molecular flexibility index (Phi) is 4.39. The number of nitrogens with zero attached hydrogens (tertiary/aromatic N) is 5. The van der Waals surface area contributed by atoms with Gasteiger partial charge in [0.15, 0.2) is 0 Å². The van der Waals surface area contributed by atoms with Gasteiger partial charge in [0.1, 0.15) is 11.8 Å². The first-order valence-corrected chi connectivity index (χ1v) is 8.38. The van der Waals surface area contributed by atoms with Gasteiger partial charge in [0.05, 0.1) is 12.2 Å². The van der Waals surface area contributed by atoms with E-state index >= 15 is 0 Å². The Labute approximate surface area is 147 Å². The van der Waals surface area contributed by atoms with E-state index < -0.39 is 0 Å². The molecule has 0 radical (unpaired) electrons. The summed E-state index contributed by atoms with van der Waals surface area (Å²) in [6.07, 6.45) is 2.32. The van der Waals surface area contributed by atoms with Crippen LogP contribution in [-0.2, 0) is 25.4 Å². The first-order valence-electron chi connectivity index (χ1n) is 8.38. The predicted octanol–water partition coefficient (Wildman–Crippen LogP) is 1.31. The molecule has 1 amide bonds. The summed E-state index contributed by atoms with van der Waals surface area (Å²) in [6.45, 7) is 4.66. The molecule has 132 valence electrons. The highest BCUT2D eigenvalue weighted by atomic mass is 16.2. The molecule has 1 saturated heterocycles. The van der Waals surface area contributed by atoms with Crippen LogP contribution in [0.25, 0.3) is 0 Å². The molecule has 2 aromatic rings. The molecule has 2 atom stereocenters. The number of amides is 1. The molecule has 0 aliphatic carbocycles. The number of aryl methyl sites for hydroxylation is 1. The van der Waals surface area contributed by atoms with Gasteiger partial charge < -0.3 is 14.8 Å². The maximum Gasteiger partial charge on any atom is 0.224 e. The summed E-state index contributed by atoms with van der Waals surface area (Å²) in [6, 6.07) is 4.11. The van der Waals surface area contributed by atoms with E-state index in [0.717, 1.165) is 22.5 Å². The third-order valence-electron chi connectivity index (χ3n) is 5.49. The largest absolute Gasteiger partial charge is 0.340 e. The summed E-state index contributed by atoms with van der Waals surface area (Å²) in [5, 5.41) is 17.0. The lowest BCUT2D eigenvalue weighted by molar-refractivity contribution is -0.127. The molecular weight excluding hydrogens is 316 g/mol. The first-order chi connectivity index (χ1) is 11.8. The van der Waals surface area contributed by atoms with Crippen LogP contribution in [0.4, 0.5) is 0 Å². The Morgan fingerprint density at radius 1 is 1.32 bits per heavy atom. The van der Waals surface area contributed by atoms with Crippen LogP contribution in [0, 0.1) is 25.2 Å². The third-order valence-corrected chi connectivity index (χ3v) is 5.49. The van der Waals surface area contributed by atoms with Crippen molar-refractivity contribution in [3.63, 3.8) is 0 Å². The lowest BCUT2D eigenvalue weighted by Crippen LogP contribution is -2.35. The minimum atomic E-state index is -0.0272. The molecule has 1 N–H and O–H groups in total. The number of carbonyl (C=O) groups excluding carboxylic acids is 1. The molecule has 1 aliphatic heterocycles. The van der Waals surface area contributed by atoms with Gasteiger partial charge in [0, 0.05) is 57.1 Å². The maximum atomic E-state index is 12.3. The molecule has 0 bridgehead atoms. The third kappa shape index (κ3) is 2.83. The molecule has 3 rings (SSSR count). The van der Waals surface area contributed by atoms with Gasteiger partial charge in [-0.3, -0.25) is 9.48 Å². The number of nitrogens with one attached hydrogen (secondary N) is 1. The van der Waals surface area contributed by atoms with E-state index in [4.69, 9.17) is 0 Å². The van der Waals surface area contributed by atoms with Gasteiger partial charge >= 0.3 is 0 Å². The van der Waals surface area contributed by atoms with Crippen LogP contribution in [0.5, 0.6) is 0 Å². The van der Waals surface area contributed by atoms with Gasteiger partial charge in [-0.2, -0.15) is 10.4 Å². The van der Waals surface area contributed by atoms with Crippen molar-refractivity contribution in [2.75, 3.05) is 7.05 Å². The van der Waals surface area contributed by atoms with E-state index in [2.05, 4.69) is 16.5 Å². The number of hydrogen-bond donors (Lipinski definition) is 1. The van der Waals surface area contributed by atoms with Gasteiger partial charge in [0.25, 0.3) is 0 Å². The summed E-state index contributed by atoms with van der Waals surface area (Å²) >= 11 is 0. The summed E-state index contributed by atoms with van der Waals surface area (Å²) in [5.74, 6) is 0.133. The zero-order valence-electron chi connectivity index (χ0n) is 15.4. The highest BCUT2D eigenvalue weighted by molar-refractivity contribution is 5.80. The first kappa shape index (κ1) is 17.2. The van der Waals surface area contributed by atoms with Crippen molar-refractivity contribution in [2.24, 2.45) is 14.1 Å². The Morgan fingerprint density at radius 3 is 2.60 bits per heavy atom. The van der Waals surface area contributed by atoms with Crippen molar-refractivity contribution in [3.05, 3.63) is 40.5 Å². The second-order valence-electron chi connectivity index (χ2n) is 6.76. The Morgan fingerprint density at radius 2 is 2.04 bits per heavy atom. The van der Waals surface area contributed by atoms with Gasteiger partial charge in [-0.15, -0.1) is 0 Å². The minimum Gasteiger partial charge on any atom is -0.340 e. The summed E-state index contributed by atoms with van der Waals surface area (Å²) in [5.41, 5.74) is 4.95. The zero-order valence-corrected chi connectivity index (χ0v) is 15.4. The SMILES string of the molecule is Cc1c([C@H]2[C@H](NCc3cc(C#N)n(C)c3C)CC(=O)N2C)cnn1C. The number of likely N-dealkylation sites (tertiary alicyclic amines) is 1. The van der Waals surface area contributed by atoms with E-state index in [1.54, 1.807) is 4.90 Å². The number of rotatable bonds is 4. The molecule has 7 heteroatoms. The smallest absolute Gasteiger partial charge is 0.224 e. The molecule has 3 heterocycles. The zero-order chi connectivity index (χ0) is 18.3. The van der Waals surface area contributed by atoms with Crippen LogP contribution in [0.1, 0.15) is 40.7 Å². The molecule has 1 fully saturated rings. The fraction of sp³-hybridized carbons (Fsp3) is 0.500. The fourth-order valence-electron chi connectivity index (χ4n) is 3.57. The summed E-state index contributed by atoms with van der Waals surface area (Å²) in [4.78, 5) is 14.1. The average Bonchev–Trinajstić information content (AvgIpc) is 3.16. The van der Waals surface area contributed by atoms with Crippen molar-refractivity contribution in [1.29, 1.82) is 5.26 Å². The quantitative estimate of drug-likeness (QED) is 0.910. The number of nitriles is 1. The van der Waals surface area contributed by atoms with Crippen LogP contribution in [0.15, 0.2) is 12.3 Å². The lowest BCUT2D eigenvalue weighted by Gasteiger charge is -2.25. The molecule has 0 aromatic carbocycles. The number of aromatic nitrogens is 3. The van der Waals surface area contributed by atoms with Gasteiger partial charge in [0.2, 0.25) is 5.91 Å². The van der Waals surface area contributed by atoms with Crippen LogP contribution in [0.2, 0.25) is 0 Å². The van der Waals surface area contributed by atoms with Gasteiger partial charge in [-0.25, -0.2) is 0 Å². The molecule has 25 heavy (non-hydrogen) atoms. The predicted molar refractivity (Wildman–Crippen MR) is 93.6 cm³/mol. The van der Waals surface area contributed by atoms with Crippen molar-refractivity contribution in [2.45, 2.75) is 38.9 Å². The highest BCUT2D eigenvalue weighted by Gasteiger charge is 2.39. The molecule has 0 unspecified atom stereocenters. The van der Waals surface area contributed by atoms with E-state index in [-0.39, 0.29) is 18.0 Å². The van der Waals surface area contributed by atoms with Gasteiger partial charge in [-0.05, 0) is 25.5 Å². The number of carbonyl (C=O) groups is 1. The normalized spacial score (nSPS) is 20.3. The van der Waals surface area contributed by atoms with Crippen molar-refractivity contribution >= 4 is 5.91 Å². The molecular formula is C18H24N6O. The second-order valence-corrected chi connectivity index (χ2v) is 6.76. The minimum absolute atomic E-state index is 0.0190. The van der Waals surface area contributed by atoms with Crippen LogP contribution in [0.3, 0.4) is 0 Å². The van der Waals surface area contributed by atoms with E-state index in [1.807, 2.05) is 56.5 Å². The fourth-order valence-corrected chi connectivity index (χ4v) is 3.57. The Bertz CT molecular complexity index is 856. The topological polar surface area (TPSA) is 78.9 Å². The van der Waals surface area contributed by atoms with Crippen LogP contribution < -0.4 is 5.32 Å². The van der Waals surface area contributed by atoms with E-state index in [1.165, 1.54) is 0 Å². The summed E-state index contributed by atoms with van der Waals surface area (Å²) in [7, 11) is 5.66. The lowest BCUT2D eigenvalue weighted by atomic mass is 10.0. The second kappa shape index (κ2) is 6.37. The molecule has 0 saturated carbocycles. The van der Waals surface area contributed by atoms with Crippen molar-refractivity contribution in [3.8, 4) is 6.07 Å².